The number of urea groups is 1. The second-order valence-corrected chi connectivity index (χ2v) is 7.51. The molecular formula is C25H26N2O2. The Morgan fingerprint density at radius 1 is 0.897 bits per heavy atom. The molecule has 29 heavy (non-hydrogen) atoms. The second-order valence-electron chi connectivity index (χ2n) is 7.51. The van der Waals surface area contributed by atoms with Gasteiger partial charge >= 0.3 is 6.03 Å². The van der Waals surface area contributed by atoms with E-state index in [4.69, 9.17) is 0 Å². The molecule has 3 aromatic rings. The van der Waals surface area contributed by atoms with Crippen LogP contribution in [0.5, 0.6) is 0 Å². The van der Waals surface area contributed by atoms with Crippen LogP contribution in [0.25, 0.3) is 0 Å². The van der Waals surface area contributed by atoms with Gasteiger partial charge in [0.1, 0.15) is 0 Å². The summed E-state index contributed by atoms with van der Waals surface area (Å²) in [4.78, 5) is 12.5. The second kappa shape index (κ2) is 8.93. The molecule has 0 radical (unpaired) electrons. The highest BCUT2D eigenvalue weighted by molar-refractivity contribution is 5.74. The van der Waals surface area contributed by atoms with Gasteiger partial charge in [-0.1, -0.05) is 84.9 Å². The Balaban J connectivity index is 1.37. The molecule has 4 rings (SSSR count). The number of carbonyl (C=O) groups excluding carboxylic acids is 1. The molecule has 1 aliphatic rings. The predicted octanol–water partition coefficient (Wildman–Crippen LogP) is 4.17. The number of aliphatic hydroxyl groups is 1. The van der Waals surface area contributed by atoms with Crippen molar-refractivity contribution in [3.05, 3.63) is 107 Å². The standard InChI is InChI=1S/C25H26N2O2/c28-23-17-20-13-7-8-14-22(20)24(23)27-25(29)26-16-15-21(18-9-3-1-4-10-18)19-11-5-2-6-12-19/h1-14,21,23-24,28H,15-17H2,(H2,26,27,29)/t23-,24+/m0/s1. The van der Waals surface area contributed by atoms with Crippen molar-refractivity contribution < 1.29 is 9.90 Å². The van der Waals surface area contributed by atoms with Crippen LogP contribution < -0.4 is 10.6 Å². The molecule has 1 aliphatic carbocycles. The summed E-state index contributed by atoms with van der Waals surface area (Å²) in [5, 5.41) is 16.2. The molecule has 0 fully saturated rings. The number of fused-ring (bicyclic) bond motifs is 1. The summed E-state index contributed by atoms with van der Waals surface area (Å²) < 4.78 is 0. The Kier molecular flexibility index (Phi) is 5.92. The van der Waals surface area contributed by atoms with Crippen molar-refractivity contribution in [1.29, 1.82) is 0 Å². The van der Waals surface area contributed by atoms with Gasteiger partial charge < -0.3 is 15.7 Å². The lowest BCUT2D eigenvalue weighted by atomic mass is 9.88. The van der Waals surface area contributed by atoms with E-state index in [2.05, 4.69) is 34.9 Å². The molecule has 2 amide bonds. The summed E-state index contributed by atoms with van der Waals surface area (Å²) >= 11 is 0. The number of carbonyl (C=O) groups is 1. The van der Waals surface area contributed by atoms with E-state index >= 15 is 0 Å². The molecule has 0 heterocycles. The summed E-state index contributed by atoms with van der Waals surface area (Å²) in [6.45, 7) is 0.546. The van der Waals surface area contributed by atoms with Crippen LogP contribution in [0.2, 0.25) is 0 Å². The third-order valence-electron chi connectivity index (χ3n) is 5.61. The first-order chi connectivity index (χ1) is 14.2. The highest BCUT2D eigenvalue weighted by Crippen LogP contribution is 2.31. The highest BCUT2D eigenvalue weighted by Gasteiger charge is 2.31. The topological polar surface area (TPSA) is 61.4 Å². The van der Waals surface area contributed by atoms with E-state index in [1.54, 1.807) is 0 Å². The molecule has 4 nitrogen and oxygen atoms in total. The van der Waals surface area contributed by atoms with Crippen LogP contribution in [-0.4, -0.2) is 23.8 Å². The highest BCUT2D eigenvalue weighted by atomic mass is 16.3. The number of hydrogen-bond acceptors (Lipinski definition) is 2. The van der Waals surface area contributed by atoms with Gasteiger partial charge in [-0.25, -0.2) is 4.79 Å². The molecule has 3 aromatic carbocycles. The zero-order valence-corrected chi connectivity index (χ0v) is 16.3. The molecule has 0 bridgehead atoms. The molecule has 148 valence electrons. The van der Waals surface area contributed by atoms with E-state index in [1.807, 2.05) is 60.7 Å². The van der Waals surface area contributed by atoms with Crippen LogP contribution in [-0.2, 0) is 6.42 Å². The van der Waals surface area contributed by atoms with Crippen molar-refractivity contribution >= 4 is 6.03 Å². The predicted molar refractivity (Wildman–Crippen MR) is 115 cm³/mol. The summed E-state index contributed by atoms with van der Waals surface area (Å²) in [5.41, 5.74) is 4.57. The van der Waals surface area contributed by atoms with Crippen LogP contribution in [0.1, 0.15) is 40.6 Å². The van der Waals surface area contributed by atoms with Gasteiger partial charge in [-0.15, -0.1) is 0 Å². The smallest absolute Gasteiger partial charge is 0.315 e. The van der Waals surface area contributed by atoms with Crippen molar-refractivity contribution in [2.24, 2.45) is 0 Å². The number of hydrogen-bond donors (Lipinski definition) is 3. The molecule has 0 unspecified atom stereocenters. The van der Waals surface area contributed by atoms with Crippen molar-refractivity contribution in [2.45, 2.75) is 30.9 Å². The fourth-order valence-corrected chi connectivity index (χ4v) is 4.17. The summed E-state index contributed by atoms with van der Waals surface area (Å²) in [7, 11) is 0. The van der Waals surface area contributed by atoms with E-state index in [9.17, 15) is 9.90 Å². The number of nitrogens with one attached hydrogen (secondary N) is 2. The fraction of sp³-hybridized carbons (Fsp3) is 0.240. The third-order valence-corrected chi connectivity index (χ3v) is 5.61. The van der Waals surface area contributed by atoms with Crippen molar-refractivity contribution in [1.82, 2.24) is 10.6 Å². The minimum Gasteiger partial charge on any atom is -0.390 e. The first-order valence-electron chi connectivity index (χ1n) is 10.1. The van der Waals surface area contributed by atoms with Crippen molar-refractivity contribution in [3.63, 3.8) is 0 Å². The molecule has 0 saturated carbocycles. The Labute approximate surface area is 171 Å². The lowest BCUT2D eigenvalue weighted by Gasteiger charge is -2.21. The Bertz CT molecular complexity index is 904. The molecule has 3 N–H and O–H groups in total. The van der Waals surface area contributed by atoms with Crippen LogP contribution >= 0.6 is 0 Å². The molecule has 0 spiro atoms. The summed E-state index contributed by atoms with van der Waals surface area (Å²) in [6, 6.07) is 28.0. The van der Waals surface area contributed by atoms with Gasteiger partial charge in [-0.3, -0.25) is 0 Å². The normalized spacial score (nSPS) is 17.7. The van der Waals surface area contributed by atoms with Gasteiger partial charge in [0, 0.05) is 18.9 Å². The Morgan fingerprint density at radius 2 is 1.48 bits per heavy atom. The lowest BCUT2D eigenvalue weighted by Crippen LogP contribution is -2.41. The van der Waals surface area contributed by atoms with Crippen molar-refractivity contribution in [3.8, 4) is 0 Å². The monoisotopic (exact) mass is 386 g/mol. The summed E-state index contributed by atoms with van der Waals surface area (Å²) in [6.07, 6.45) is 0.788. The fourth-order valence-electron chi connectivity index (χ4n) is 4.17. The first-order valence-corrected chi connectivity index (χ1v) is 10.1. The first kappa shape index (κ1) is 19.2. The van der Waals surface area contributed by atoms with E-state index < -0.39 is 6.10 Å². The van der Waals surface area contributed by atoms with Gasteiger partial charge in [0.05, 0.1) is 12.1 Å². The van der Waals surface area contributed by atoms with E-state index in [0.29, 0.717) is 13.0 Å². The Morgan fingerprint density at radius 3 is 2.14 bits per heavy atom. The number of benzene rings is 3. The van der Waals surface area contributed by atoms with Crippen LogP contribution in [0.3, 0.4) is 0 Å². The molecule has 2 atom stereocenters. The Hall–Kier alpha value is -3.11. The largest absolute Gasteiger partial charge is 0.390 e. The zero-order chi connectivity index (χ0) is 20.1. The average molecular weight is 386 g/mol. The van der Waals surface area contributed by atoms with Gasteiger partial charge in [0.2, 0.25) is 0 Å². The maximum absolute atomic E-state index is 12.5. The summed E-state index contributed by atoms with van der Waals surface area (Å²) in [5.74, 6) is 0.218. The van der Waals surface area contributed by atoms with Gasteiger partial charge in [0.15, 0.2) is 0 Å². The van der Waals surface area contributed by atoms with Gasteiger partial charge in [-0.2, -0.15) is 0 Å². The minimum atomic E-state index is -0.584. The van der Waals surface area contributed by atoms with Crippen LogP contribution in [0.15, 0.2) is 84.9 Å². The SMILES string of the molecule is O=C(NCCC(c1ccccc1)c1ccccc1)N[C@@H]1c2ccccc2C[C@@H]1O. The van der Waals surface area contributed by atoms with Crippen LogP contribution in [0, 0.1) is 0 Å². The van der Waals surface area contributed by atoms with Crippen LogP contribution in [0.4, 0.5) is 4.79 Å². The molecular weight excluding hydrogens is 360 g/mol. The van der Waals surface area contributed by atoms with Gasteiger partial charge in [0.25, 0.3) is 0 Å². The van der Waals surface area contributed by atoms with E-state index in [1.165, 1.54) is 11.1 Å². The van der Waals surface area contributed by atoms with Crippen molar-refractivity contribution in [2.75, 3.05) is 6.54 Å². The molecule has 4 heteroatoms. The minimum absolute atomic E-state index is 0.218. The lowest BCUT2D eigenvalue weighted by molar-refractivity contribution is 0.142. The maximum atomic E-state index is 12.5. The molecule has 0 aromatic heterocycles. The van der Waals surface area contributed by atoms with E-state index in [-0.39, 0.29) is 18.0 Å². The maximum Gasteiger partial charge on any atom is 0.315 e. The molecule has 0 aliphatic heterocycles. The molecule has 0 saturated heterocycles. The number of amides is 2. The zero-order valence-electron chi connectivity index (χ0n) is 16.3. The third kappa shape index (κ3) is 4.49. The number of rotatable bonds is 6. The average Bonchev–Trinajstić information content (AvgIpc) is 3.07. The quantitative estimate of drug-likeness (QED) is 0.596. The van der Waals surface area contributed by atoms with E-state index in [0.717, 1.165) is 17.5 Å². The van der Waals surface area contributed by atoms with Gasteiger partial charge in [-0.05, 0) is 28.7 Å². The number of aliphatic hydroxyl groups excluding tert-OH is 1.